The molecule has 0 radical (unpaired) electrons. The number of anilines is 1. The molecule has 1 fully saturated rings. The summed E-state index contributed by atoms with van der Waals surface area (Å²) < 4.78 is 7.51. The molecule has 21 heavy (non-hydrogen) atoms. The number of carbonyl (C=O) groups is 1. The van der Waals surface area contributed by atoms with Crippen molar-refractivity contribution in [2.75, 3.05) is 11.9 Å². The molecule has 0 bridgehead atoms. The number of rotatable bonds is 7. The van der Waals surface area contributed by atoms with E-state index in [9.17, 15) is 4.79 Å². The van der Waals surface area contributed by atoms with Crippen molar-refractivity contribution < 1.29 is 9.53 Å². The predicted molar refractivity (Wildman–Crippen MR) is 79.0 cm³/mol. The van der Waals surface area contributed by atoms with Gasteiger partial charge in [-0.2, -0.15) is 0 Å². The van der Waals surface area contributed by atoms with Gasteiger partial charge in [0.2, 0.25) is 0 Å². The molecule has 0 atom stereocenters. The minimum Gasteiger partial charge on any atom is -0.484 e. The molecule has 3 N–H and O–H groups in total. The first-order chi connectivity index (χ1) is 10.2. The number of hydrogen-bond donors (Lipinski definition) is 2. The van der Waals surface area contributed by atoms with Crippen LogP contribution in [-0.4, -0.2) is 22.1 Å². The van der Waals surface area contributed by atoms with Crippen LogP contribution in [0.2, 0.25) is 0 Å². The fourth-order valence-corrected chi connectivity index (χ4v) is 2.19. The summed E-state index contributed by atoms with van der Waals surface area (Å²) in [6.45, 7) is 0.591. The van der Waals surface area contributed by atoms with E-state index in [-0.39, 0.29) is 6.61 Å². The van der Waals surface area contributed by atoms with Gasteiger partial charge in [-0.25, -0.2) is 4.98 Å². The Labute approximate surface area is 122 Å². The molecule has 1 aliphatic carbocycles. The highest BCUT2D eigenvalue weighted by Gasteiger charge is 2.24. The molecule has 0 aliphatic heterocycles. The number of amides is 1. The first-order valence-electron chi connectivity index (χ1n) is 6.98. The van der Waals surface area contributed by atoms with Gasteiger partial charge < -0.3 is 20.4 Å². The molecule has 6 nitrogen and oxygen atoms in total. The average Bonchev–Trinajstić information content (AvgIpc) is 3.22. The third kappa shape index (κ3) is 3.53. The molecule has 1 aromatic carbocycles. The average molecular weight is 286 g/mol. The van der Waals surface area contributed by atoms with Crippen molar-refractivity contribution in [3.8, 4) is 5.75 Å². The van der Waals surface area contributed by atoms with Gasteiger partial charge in [-0.1, -0.05) is 6.07 Å². The van der Waals surface area contributed by atoms with Crippen molar-refractivity contribution in [1.82, 2.24) is 9.55 Å². The molecule has 0 spiro atoms. The first-order valence-corrected chi connectivity index (χ1v) is 6.98. The van der Waals surface area contributed by atoms with Crippen molar-refractivity contribution in [3.05, 3.63) is 42.5 Å². The highest BCUT2D eigenvalue weighted by Crippen LogP contribution is 2.35. The smallest absolute Gasteiger partial charge is 0.255 e. The lowest BCUT2D eigenvalue weighted by atomic mass is 10.3. The van der Waals surface area contributed by atoms with Crippen LogP contribution in [0, 0.1) is 0 Å². The second kappa shape index (κ2) is 5.87. The van der Waals surface area contributed by atoms with Gasteiger partial charge >= 0.3 is 0 Å². The number of ether oxygens (including phenoxy) is 1. The largest absolute Gasteiger partial charge is 0.484 e. The Kier molecular flexibility index (Phi) is 3.77. The van der Waals surface area contributed by atoms with Crippen LogP contribution in [0.3, 0.4) is 0 Å². The fourth-order valence-electron chi connectivity index (χ4n) is 2.19. The van der Waals surface area contributed by atoms with E-state index in [1.807, 2.05) is 30.7 Å². The molecule has 0 unspecified atom stereocenters. The Bertz CT molecular complexity index is 634. The van der Waals surface area contributed by atoms with Crippen LogP contribution >= 0.6 is 0 Å². The number of nitrogens with one attached hydrogen (secondary N) is 1. The molecule has 1 heterocycles. The molecule has 2 aromatic rings. The maximum atomic E-state index is 10.7. The third-order valence-electron chi connectivity index (χ3n) is 3.38. The summed E-state index contributed by atoms with van der Waals surface area (Å²) in [6, 6.07) is 8.09. The summed E-state index contributed by atoms with van der Waals surface area (Å²) in [7, 11) is 0. The van der Waals surface area contributed by atoms with Gasteiger partial charge in [0, 0.05) is 24.0 Å². The molecule has 110 valence electrons. The van der Waals surface area contributed by atoms with Crippen LogP contribution in [-0.2, 0) is 11.3 Å². The quantitative estimate of drug-likeness (QED) is 0.811. The summed E-state index contributed by atoms with van der Waals surface area (Å²) in [5, 5.41) is 3.34. The van der Waals surface area contributed by atoms with E-state index in [2.05, 4.69) is 14.9 Å². The van der Waals surface area contributed by atoms with E-state index in [1.54, 1.807) is 6.07 Å². The van der Waals surface area contributed by atoms with E-state index in [0.717, 1.165) is 5.69 Å². The van der Waals surface area contributed by atoms with E-state index < -0.39 is 5.91 Å². The van der Waals surface area contributed by atoms with Gasteiger partial charge in [-0.05, 0) is 25.0 Å². The number of benzene rings is 1. The van der Waals surface area contributed by atoms with Crippen molar-refractivity contribution in [3.63, 3.8) is 0 Å². The lowest BCUT2D eigenvalue weighted by molar-refractivity contribution is -0.119. The minimum atomic E-state index is -0.485. The standard InChI is InChI=1S/C15H18N4O2/c16-15(20)9-21-14-3-1-2-11(6-14)18-8-13-7-17-10-19(13)12-4-5-12/h1-3,6-7,10,12,18H,4-5,8-9H2,(H2,16,20). The summed E-state index contributed by atoms with van der Waals surface area (Å²) in [4.78, 5) is 14.9. The molecule has 6 heteroatoms. The van der Waals surface area contributed by atoms with Crippen molar-refractivity contribution in [1.29, 1.82) is 0 Å². The SMILES string of the molecule is NC(=O)COc1cccc(NCc2cncn2C2CC2)c1. The molecule has 0 saturated heterocycles. The molecular formula is C15H18N4O2. The highest BCUT2D eigenvalue weighted by molar-refractivity contribution is 5.75. The zero-order valence-corrected chi connectivity index (χ0v) is 11.7. The zero-order valence-electron chi connectivity index (χ0n) is 11.7. The van der Waals surface area contributed by atoms with Crippen LogP contribution in [0.4, 0.5) is 5.69 Å². The summed E-state index contributed by atoms with van der Waals surface area (Å²) in [5.41, 5.74) is 7.16. The Hall–Kier alpha value is -2.50. The molecular weight excluding hydrogens is 268 g/mol. The molecule has 1 saturated carbocycles. The Morgan fingerprint density at radius 2 is 2.33 bits per heavy atom. The normalized spacial score (nSPS) is 13.9. The maximum absolute atomic E-state index is 10.7. The van der Waals surface area contributed by atoms with Crippen molar-refractivity contribution in [2.24, 2.45) is 5.73 Å². The second-order valence-corrected chi connectivity index (χ2v) is 5.16. The number of aromatic nitrogens is 2. The van der Waals surface area contributed by atoms with Gasteiger partial charge in [-0.15, -0.1) is 0 Å². The van der Waals surface area contributed by atoms with E-state index in [4.69, 9.17) is 10.5 Å². The number of primary amides is 1. The summed E-state index contributed by atoms with van der Waals surface area (Å²) in [5.74, 6) is 0.135. The van der Waals surface area contributed by atoms with Gasteiger partial charge in [0.25, 0.3) is 5.91 Å². The van der Waals surface area contributed by atoms with Crippen LogP contribution in [0.5, 0.6) is 5.75 Å². The Morgan fingerprint density at radius 3 is 3.10 bits per heavy atom. The van der Waals surface area contributed by atoms with Crippen LogP contribution in [0.1, 0.15) is 24.6 Å². The number of nitrogens with zero attached hydrogens (tertiary/aromatic N) is 2. The van der Waals surface area contributed by atoms with Gasteiger partial charge in [0.05, 0.1) is 18.6 Å². The number of imidazole rings is 1. The lowest BCUT2D eigenvalue weighted by Gasteiger charge is -2.10. The van der Waals surface area contributed by atoms with Crippen LogP contribution in [0.25, 0.3) is 0 Å². The first kappa shape index (κ1) is 13.5. The van der Waals surface area contributed by atoms with Crippen molar-refractivity contribution in [2.45, 2.75) is 25.4 Å². The zero-order chi connectivity index (χ0) is 14.7. The van der Waals surface area contributed by atoms with Gasteiger partial charge in [0.1, 0.15) is 5.75 Å². The van der Waals surface area contributed by atoms with Gasteiger partial charge in [-0.3, -0.25) is 4.79 Å². The van der Waals surface area contributed by atoms with E-state index in [0.29, 0.717) is 18.3 Å². The Balaban J connectivity index is 1.60. The molecule has 1 aromatic heterocycles. The highest BCUT2D eigenvalue weighted by atomic mass is 16.5. The van der Waals surface area contributed by atoms with E-state index >= 15 is 0 Å². The van der Waals surface area contributed by atoms with Crippen LogP contribution < -0.4 is 15.8 Å². The predicted octanol–water partition coefficient (Wildman–Crippen LogP) is 1.69. The number of hydrogen-bond acceptors (Lipinski definition) is 4. The summed E-state index contributed by atoms with van der Waals surface area (Å²) >= 11 is 0. The lowest BCUT2D eigenvalue weighted by Crippen LogP contribution is -2.20. The molecule has 1 amide bonds. The van der Waals surface area contributed by atoms with Gasteiger partial charge in [0.15, 0.2) is 6.61 Å². The molecule has 3 rings (SSSR count). The minimum absolute atomic E-state index is 0.113. The Morgan fingerprint density at radius 1 is 1.48 bits per heavy atom. The van der Waals surface area contributed by atoms with Crippen LogP contribution in [0.15, 0.2) is 36.8 Å². The molecule has 1 aliphatic rings. The second-order valence-electron chi connectivity index (χ2n) is 5.16. The monoisotopic (exact) mass is 286 g/mol. The van der Waals surface area contributed by atoms with Crippen molar-refractivity contribution >= 4 is 11.6 Å². The summed E-state index contributed by atoms with van der Waals surface area (Å²) in [6.07, 6.45) is 6.25. The number of carbonyl (C=O) groups excluding carboxylic acids is 1. The van der Waals surface area contributed by atoms with E-state index in [1.165, 1.54) is 18.5 Å². The third-order valence-corrected chi connectivity index (χ3v) is 3.38. The number of nitrogens with two attached hydrogens (primary N) is 1. The fraction of sp³-hybridized carbons (Fsp3) is 0.333. The topological polar surface area (TPSA) is 82.2 Å². The maximum Gasteiger partial charge on any atom is 0.255 e.